The van der Waals surface area contributed by atoms with Crippen LogP contribution in [-0.2, 0) is 0 Å². The van der Waals surface area contributed by atoms with Gasteiger partial charge in [0.1, 0.15) is 17.2 Å². The number of nitrogens with one attached hydrogen (secondary N) is 1. The molecule has 0 fully saturated rings. The molecule has 0 bridgehead atoms. The maximum Gasteiger partial charge on any atom is 0.331 e. The van der Waals surface area contributed by atoms with E-state index >= 15 is 0 Å². The van der Waals surface area contributed by atoms with Crippen LogP contribution in [0.4, 0.5) is 4.39 Å². The number of hydrogen-bond acceptors (Lipinski definition) is 4. The van der Waals surface area contributed by atoms with Crippen molar-refractivity contribution in [2.45, 2.75) is 0 Å². The van der Waals surface area contributed by atoms with E-state index in [1.54, 1.807) is 36.5 Å². The number of aromatic hydroxyl groups is 1. The van der Waals surface area contributed by atoms with E-state index in [2.05, 4.69) is 15.0 Å². The zero-order valence-corrected chi connectivity index (χ0v) is 15.5. The Balaban J connectivity index is 1.96. The lowest BCUT2D eigenvalue weighted by Gasteiger charge is -2.14. The Morgan fingerprint density at radius 3 is 2.83 bits per heavy atom. The molecule has 5 rings (SSSR count). The zero-order valence-electron chi connectivity index (χ0n) is 14.7. The zero-order chi connectivity index (χ0) is 20.1. The first-order valence-electron chi connectivity index (χ1n) is 8.67. The molecule has 2 aromatic carbocycles. The normalized spacial score (nSPS) is 11.4. The summed E-state index contributed by atoms with van der Waals surface area (Å²) < 4.78 is 15.9. The van der Waals surface area contributed by atoms with Crippen molar-refractivity contribution in [3.8, 4) is 22.7 Å². The molecule has 0 aliphatic rings. The molecule has 5 aromatic rings. The summed E-state index contributed by atoms with van der Waals surface area (Å²) >= 11 is 6.04. The molecule has 0 aliphatic carbocycles. The van der Waals surface area contributed by atoms with Gasteiger partial charge >= 0.3 is 5.69 Å². The number of rotatable bonds is 2. The Hall–Kier alpha value is -3.71. The molecule has 142 valence electrons. The molecule has 0 saturated heterocycles. The summed E-state index contributed by atoms with van der Waals surface area (Å²) in [4.78, 5) is 23.9. The van der Waals surface area contributed by atoms with Crippen LogP contribution in [0.15, 0.2) is 65.7 Å². The lowest BCUT2D eigenvalue weighted by Crippen LogP contribution is -2.15. The van der Waals surface area contributed by atoms with Crippen molar-refractivity contribution < 1.29 is 9.50 Å². The van der Waals surface area contributed by atoms with Gasteiger partial charge in [0.2, 0.25) is 0 Å². The fraction of sp³-hybridized carbons (Fsp3) is 0. The maximum atomic E-state index is 14.5. The summed E-state index contributed by atoms with van der Waals surface area (Å²) in [5, 5.41) is 12.0. The van der Waals surface area contributed by atoms with Crippen LogP contribution in [0.2, 0.25) is 5.02 Å². The number of fused-ring (bicyclic) bond motifs is 2. The van der Waals surface area contributed by atoms with E-state index in [0.717, 1.165) is 0 Å². The van der Waals surface area contributed by atoms with Crippen LogP contribution < -0.4 is 5.69 Å². The van der Waals surface area contributed by atoms with E-state index in [1.807, 2.05) is 0 Å². The third-order valence-corrected chi connectivity index (χ3v) is 4.97. The standard InChI is InChI=1S/C21H12ClFN4O2/c22-11-5-6-14(23)13(9-11)18-20(28)19(12-3-1-2-4-15(12)25-18)27-17-7-8-24-10-16(17)26-21(27)29/h1-10,28H,(H,26,29). The number of aromatic amines is 1. The molecule has 0 saturated carbocycles. The Bertz CT molecular complexity index is 1480. The van der Waals surface area contributed by atoms with Gasteiger partial charge in [-0.15, -0.1) is 0 Å². The average Bonchev–Trinajstić information content (AvgIpc) is 3.05. The average molecular weight is 407 g/mol. The lowest BCUT2D eigenvalue weighted by molar-refractivity contribution is 0.472. The highest BCUT2D eigenvalue weighted by molar-refractivity contribution is 6.30. The second kappa shape index (κ2) is 6.42. The predicted molar refractivity (Wildman–Crippen MR) is 109 cm³/mol. The summed E-state index contributed by atoms with van der Waals surface area (Å²) in [5.74, 6) is -0.918. The van der Waals surface area contributed by atoms with Crippen molar-refractivity contribution in [2.24, 2.45) is 0 Å². The van der Waals surface area contributed by atoms with Gasteiger partial charge in [-0.2, -0.15) is 0 Å². The van der Waals surface area contributed by atoms with E-state index in [4.69, 9.17) is 11.6 Å². The van der Waals surface area contributed by atoms with Gasteiger partial charge in [0.05, 0.1) is 22.7 Å². The van der Waals surface area contributed by atoms with E-state index in [1.165, 1.54) is 29.0 Å². The number of imidazole rings is 1. The first-order chi connectivity index (χ1) is 14.0. The second-order valence-corrected chi connectivity index (χ2v) is 6.89. The molecule has 0 radical (unpaired) electrons. The minimum atomic E-state index is -0.589. The number of hydrogen-bond donors (Lipinski definition) is 2. The summed E-state index contributed by atoms with van der Waals surface area (Å²) in [5.41, 5.74) is 1.29. The smallest absolute Gasteiger partial charge is 0.331 e. The largest absolute Gasteiger partial charge is 0.504 e. The molecular weight excluding hydrogens is 395 g/mol. The summed E-state index contributed by atoms with van der Waals surface area (Å²) in [7, 11) is 0. The van der Waals surface area contributed by atoms with Crippen molar-refractivity contribution >= 4 is 33.5 Å². The van der Waals surface area contributed by atoms with E-state index in [-0.39, 0.29) is 22.7 Å². The van der Waals surface area contributed by atoms with Gasteiger partial charge in [-0.25, -0.2) is 14.2 Å². The number of benzene rings is 2. The topological polar surface area (TPSA) is 83.8 Å². The molecule has 8 heteroatoms. The number of halogens is 2. The van der Waals surface area contributed by atoms with Crippen LogP contribution in [-0.4, -0.2) is 24.6 Å². The molecule has 6 nitrogen and oxygen atoms in total. The Morgan fingerprint density at radius 2 is 1.97 bits per heavy atom. The van der Waals surface area contributed by atoms with E-state index < -0.39 is 11.5 Å². The number of nitrogens with zero attached hydrogens (tertiary/aromatic N) is 3. The molecule has 3 aromatic heterocycles. The summed E-state index contributed by atoms with van der Waals surface area (Å²) in [6.45, 7) is 0. The quantitative estimate of drug-likeness (QED) is 0.454. The third kappa shape index (κ3) is 2.67. The molecule has 0 spiro atoms. The van der Waals surface area contributed by atoms with Crippen molar-refractivity contribution in [1.82, 2.24) is 19.5 Å². The van der Waals surface area contributed by atoms with Crippen molar-refractivity contribution in [3.63, 3.8) is 0 Å². The highest BCUT2D eigenvalue weighted by Crippen LogP contribution is 2.39. The molecule has 0 atom stereocenters. The minimum absolute atomic E-state index is 0.00555. The van der Waals surface area contributed by atoms with Gasteiger partial charge in [-0.1, -0.05) is 29.8 Å². The van der Waals surface area contributed by atoms with E-state index in [9.17, 15) is 14.3 Å². The van der Waals surface area contributed by atoms with Gasteiger partial charge in [0.15, 0.2) is 5.75 Å². The summed E-state index contributed by atoms with van der Waals surface area (Å²) in [6, 6.07) is 12.7. The van der Waals surface area contributed by atoms with Gasteiger partial charge in [0, 0.05) is 22.2 Å². The van der Waals surface area contributed by atoms with Gasteiger partial charge < -0.3 is 10.1 Å². The molecule has 0 amide bonds. The lowest BCUT2D eigenvalue weighted by atomic mass is 10.1. The van der Waals surface area contributed by atoms with Crippen molar-refractivity contribution in [3.05, 3.63) is 82.2 Å². The molecular formula is C21H12ClFN4O2. The first kappa shape index (κ1) is 17.4. The Labute approximate surface area is 167 Å². The molecule has 29 heavy (non-hydrogen) atoms. The van der Waals surface area contributed by atoms with Crippen LogP contribution in [0.25, 0.3) is 38.9 Å². The molecule has 3 heterocycles. The monoisotopic (exact) mass is 406 g/mol. The number of para-hydroxylation sites is 1. The molecule has 0 unspecified atom stereocenters. The Kier molecular flexibility index (Phi) is 3.85. The van der Waals surface area contributed by atoms with Gasteiger partial charge in [-0.05, 0) is 30.3 Å². The van der Waals surface area contributed by atoms with Crippen LogP contribution in [0.1, 0.15) is 0 Å². The third-order valence-electron chi connectivity index (χ3n) is 4.73. The SMILES string of the molecule is O=c1[nH]c2cnccc2n1-c1c(O)c(-c2cc(Cl)ccc2F)nc2ccccc12. The van der Waals surface area contributed by atoms with Gasteiger partial charge in [-0.3, -0.25) is 9.55 Å². The van der Waals surface area contributed by atoms with Crippen LogP contribution in [0.5, 0.6) is 5.75 Å². The summed E-state index contributed by atoms with van der Waals surface area (Å²) in [6.07, 6.45) is 3.06. The highest BCUT2D eigenvalue weighted by atomic mass is 35.5. The number of aromatic nitrogens is 4. The van der Waals surface area contributed by atoms with Crippen LogP contribution >= 0.6 is 11.6 Å². The van der Waals surface area contributed by atoms with Crippen molar-refractivity contribution in [2.75, 3.05) is 0 Å². The first-order valence-corrected chi connectivity index (χ1v) is 9.04. The van der Waals surface area contributed by atoms with Crippen LogP contribution in [0, 0.1) is 5.82 Å². The second-order valence-electron chi connectivity index (χ2n) is 6.46. The Morgan fingerprint density at radius 1 is 1.14 bits per heavy atom. The maximum absolute atomic E-state index is 14.5. The van der Waals surface area contributed by atoms with Gasteiger partial charge in [0.25, 0.3) is 0 Å². The van der Waals surface area contributed by atoms with Crippen LogP contribution in [0.3, 0.4) is 0 Å². The molecule has 0 aliphatic heterocycles. The number of pyridine rings is 2. The van der Waals surface area contributed by atoms with Crippen molar-refractivity contribution in [1.29, 1.82) is 0 Å². The number of H-pyrrole nitrogens is 1. The fourth-order valence-corrected chi connectivity index (χ4v) is 3.63. The minimum Gasteiger partial charge on any atom is -0.504 e. The van der Waals surface area contributed by atoms with E-state index in [0.29, 0.717) is 27.0 Å². The highest BCUT2D eigenvalue weighted by Gasteiger charge is 2.22. The molecule has 2 N–H and O–H groups in total. The predicted octanol–water partition coefficient (Wildman–Crippen LogP) is 4.43. The fourth-order valence-electron chi connectivity index (χ4n) is 3.46.